The predicted molar refractivity (Wildman–Crippen MR) is 60.7 cm³/mol. The van der Waals surface area contributed by atoms with Crippen molar-refractivity contribution in [1.29, 1.82) is 0 Å². The second kappa shape index (κ2) is 6.96. The molecule has 0 amide bonds. The van der Waals surface area contributed by atoms with Crippen LogP contribution in [0.2, 0.25) is 0 Å². The van der Waals surface area contributed by atoms with E-state index in [-0.39, 0.29) is 18.1 Å². The van der Waals surface area contributed by atoms with E-state index >= 15 is 0 Å². The normalized spacial score (nSPS) is 11.2. The summed E-state index contributed by atoms with van der Waals surface area (Å²) in [7, 11) is 0. The molecule has 0 spiro atoms. The molecular formula is C12H14F3NO3. The zero-order valence-electron chi connectivity index (χ0n) is 10.4. The largest absolute Gasteiger partial charge is 0.483 e. The van der Waals surface area contributed by atoms with Crippen LogP contribution in [0.3, 0.4) is 0 Å². The first-order valence-corrected chi connectivity index (χ1v) is 5.71. The van der Waals surface area contributed by atoms with E-state index in [9.17, 15) is 18.0 Å². The molecule has 1 heterocycles. The van der Waals surface area contributed by atoms with E-state index < -0.39 is 12.8 Å². The van der Waals surface area contributed by atoms with Crippen molar-refractivity contribution in [2.75, 3.05) is 13.2 Å². The van der Waals surface area contributed by atoms with Gasteiger partial charge in [-0.3, -0.25) is 9.78 Å². The Morgan fingerprint density at radius 1 is 1.37 bits per heavy atom. The van der Waals surface area contributed by atoms with Crippen LogP contribution in [0.25, 0.3) is 0 Å². The SMILES string of the molecule is CCOC(=O)CCc1ccc(OCC(F)(F)F)cn1. The molecule has 0 unspecified atom stereocenters. The third kappa shape index (κ3) is 6.64. The fourth-order valence-electron chi connectivity index (χ4n) is 1.27. The van der Waals surface area contributed by atoms with E-state index in [0.717, 1.165) is 0 Å². The predicted octanol–water partition coefficient (Wildman–Crippen LogP) is 2.52. The Kier molecular flexibility index (Phi) is 5.59. The summed E-state index contributed by atoms with van der Waals surface area (Å²) < 4.78 is 45.0. The van der Waals surface area contributed by atoms with Gasteiger partial charge in [0.2, 0.25) is 0 Å². The van der Waals surface area contributed by atoms with Gasteiger partial charge in [0.1, 0.15) is 5.75 Å². The van der Waals surface area contributed by atoms with E-state index in [1.165, 1.54) is 18.3 Å². The van der Waals surface area contributed by atoms with Crippen LogP contribution in [-0.2, 0) is 16.0 Å². The van der Waals surface area contributed by atoms with Crippen LogP contribution in [0.4, 0.5) is 13.2 Å². The van der Waals surface area contributed by atoms with Gasteiger partial charge in [-0.05, 0) is 19.1 Å². The average molecular weight is 277 g/mol. The van der Waals surface area contributed by atoms with Crippen molar-refractivity contribution < 1.29 is 27.4 Å². The minimum Gasteiger partial charge on any atom is -0.483 e. The molecule has 1 aromatic rings. The maximum Gasteiger partial charge on any atom is 0.422 e. The van der Waals surface area contributed by atoms with Crippen LogP contribution >= 0.6 is 0 Å². The van der Waals surface area contributed by atoms with Gasteiger partial charge in [-0.2, -0.15) is 13.2 Å². The highest BCUT2D eigenvalue weighted by atomic mass is 19.4. The second-order valence-electron chi connectivity index (χ2n) is 3.69. The summed E-state index contributed by atoms with van der Waals surface area (Å²) in [5.74, 6) is -0.293. The Morgan fingerprint density at radius 2 is 2.11 bits per heavy atom. The summed E-state index contributed by atoms with van der Waals surface area (Å²) in [6.45, 7) is 0.677. The van der Waals surface area contributed by atoms with Gasteiger partial charge in [0.15, 0.2) is 6.61 Å². The van der Waals surface area contributed by atoms with Crippen LogP contribution in [0.5, 0.6) is 5.75 Å². The molecule has 0 aromatic carbocycles. The van der Waals surface area contributed by atoms with Crippen molar-refractivity contribution in [1.82, 2.24) is 4.98 Å². The molecule has 0 radical (unpaired) electrons. The second-order valence-corrected chi connectivity index (χ2v) is 3.69. The van der Waals surface area contributed by atoms with Gasteiger partial charge in [0.25, 0.3) is 0 Å². The lowest BCUT2D eigenvalue weighted by Gasteiger charge is -2.09. The van der Waals surface area contributed by atoms with Gasteiger partial charge in [-0.15, -0.1) is 0 Å². The highest BCUT2D eigenvalue weighted by Gasteiger charge is 2.28. The number of alkyl halides is 3. The minimum atomic E-state index is -4.37. The van der Waals surface area contributed by atoms with Crippen molar-refractivity contribution in [2.45, 2.75) is 25.9 Å². The van der Waals surface area contributed by atoms with Gasteiger partial charge in [0, 0.05) is 12.1 Å². The lowest BCUT2D eigenvalue weighted by Crippen LogP contribution is -2.19. The summed E-state index contributed by atoms with van der Waals surface area (Å²) in [5, 5.41) is 0. The maximum atomic E-state index is 11.9. The van der Waals surface area contributed by atoms with Crippen molar-refractivity contribution >= 4 is 5.97 Å². The maximum absolute atomic E-state index is 11.9. The Bertz CT molecular complexity index is 404. The third-order valence-corrected chi connectivity index (χ3v) is 2.09. The number of nitrogens with zero attached hydrogens (tertiary/aromatic N) is 1. The summed E-state index contributed by atoms with van der Waals surface area (Å²) in [5.41, 5.74) is 0.590. The minimum absolute atomic E-state index is 0.0391. The molecule has 4 nitrogen and oxygen atoms in total. The fraction of sp³-hybridized carbons (Fsp3) is 0.500. The molecule has 0 bridgehead atoms. The van der Waals surface area contributed by atoms with E-state index in [1.807, 2.05) is 0 Å². The molecule has 0 saturated heterocycles. The van der Waals surface area contributed by atoms with E-state index in [0.29, 0.717) is 18.7 Å². The smallest absolute Gasteiger partial charge is 0.422 e. The Morgan fingerprint density at radius 3 is 2.63 bits per heavy atom. The summed E-state index contributed by atoms with van der Waals surface area (Å²) >= 11 is 0. The van der Waals surface area contributed by atoms with Gasteiger partial charge in [-0.25, -0.2) is 0 Å². The molecule has 0 aliphatic rings. The van der Waals surface area contributed by atoms with Gasteiger partial charge in [0.05, 0.1) is 19.2 Å². The number of pyridine rings is 1. The highest BCUT2D eigenvalue weighted by Crippen LogP contribution is 2.18. The average Bonchev–Trinajstić information content (AvgIpc) is 2.34. The number of ether oxygens (including phenoxy) is 2. The number of esters is 1. The van der Waals surface area contributed by atoms with Crippen molar-refractivity contribution in [3.63, 3.8) is 0 Å². The van der Waals surface area contributed by atoms with Crippen LogP contribution in [-0.4, -0.2) is 30.3 Å². The zero-order chi connectivity index (χ0) is 14.3. The molecule has 106 valence electrons. The van der Waals surface area contributed by atoms with Crippen molar-refractivity contribution in [3.05, 3.63) is 24.0 Å². The number of rotatable bonds is 6. The molecule has 0 aliphatic heterocycles. The summed E-state index contributed by atoms with van der Waals surface area (Å²) in [6.07, 6.45) is -2.61. The number of aromatic nitrogens is 1. The Hall–Kier alpha value is -1.79. The number of hydrogen-bond donors (Lipinski definition) is 0. The number of hydrogen-bond acceptors (Lipinski definition) is 4. The van der Waals surface area contributed by atoms with Gasteiger partial charge in [-0.1, -0.05) is 0 Å². The Labute approximate surface area is 108 Å². The van der Waals surface area contributed by atoms with Crippen LogP contribution in [0.15, 0.2) is 18.3 Å². The molecule has 0 fully saturated rings. The molecule has 19 heavy (non-hydrogen) atoms. The van der Waals surface area contributed by atoms with Crippen molar-refractivity contribution in [2.24, 2.45) is 0 Å². The highest BCUT2D eigenvalue weighted by molar-refractivity contribution is 5.69. The van der Waals surface area contributed by atoms with E-state index in [4.69, 9.17) is 4.74 Å². The number of aryl methyl sites for hydroxylation is 1. The molecule has 0 aliphatic carbocycles. The molecular weight excluding hydrogens is 263 g/mol. The summed E-state index contributed by atoms with van der Waals surface area (Å²) in [6, 6.07) is 2.91. The quantitative estimate of drug-likeness (QED) is 0.750. The van der Waals surface area contributed by atoms with Crippen LogP contribution < -0.4 is 4.74 Å². The van der Waals surface area contributed by atoms with E-state index in [2.05, 4.69) is 9.72 Å². The van der Waals surface area contributed by atoms with Gasteiger partial charge < -0.3 is 9.47 Å². The molecule has 0 N–H and O–H groups in total. The van der Waals surface area contributed by atoms with Crippen LogP contribution in [0.1, 0.15) is 19.0 Å². The lowest BCUT2D eigenvalue weighted by atomic mass is 10.2. The van der Waals surface area contributed by atoms with Crippen LogP contribution in [0, 0.1) is 0 Å². The fourth-order valence-corrected chi connectivity index (χ4v) is 1.27. The lowest BCUT2D eigenvalue weighted by molar-refractivity contribution is -0.153. The zero-order valence-corrected chi connectivity index (χ0v) is 10.4. The topological polar surface area (TPSA) is 48.4 Å². The molecule has 1 rings (SSSR count). The number of halogens is 3. The molecule has 0 saturated carbocycles. The third-order valence-electron chi connectivity index (χ3n) is 2.09. The molecule has 1 aromatic heterocycles. The van der Waals surface area contributed by atoms with E-state index in [1.54, 1.807) is 6.92 Å². The molecule has 0 atom stereocenters. The monoisotopic (exact) mass is 277 g/mol. The standard InChI is InChI=1S/C12H14F3NO3/c1-2-18-11(17)6-4-9-3-5-10(7-16-9)19-8-12(13,14)15/h3,5,7H,2,4,6,8H2,1H3. The first-order valence-electron chi connectivity index (χ1n) is 5.71. The Balaban J connectivity index is 2.41. The molecule has 7 heteroatoms. The number of carbonyl (C=O) groups is 1. The number of carbonyl (C=O) groups excluding carboxylic acids is 1. The summed E-state index contributed by atoms with van der Waals surface area (Å²) in [4.78, 5) is 15.0. The van der Waals surface area contributed by atoms with Crippen molar-refractivity contribution in [3.8, 4) is 5.75 Å². The van der Waals surface area contributed by atoms with Gasteiger partial charge >= 0.3 is 12.1 Å². The first kappa shape index (κ1) is 15.3. The first-order chi connectivity index (χ1) is 8.90.